The first-order valence-corrected chi connectivity index (χ1v) is 6.64. The van der Waals surface area contributed by atoms with Gasteiger partial charge >= 0.3 is 0 Å². The molecule has 6 heteroatoms. The van der Waals surface area contributed by atoms with Gasteiger partial charge in [0.1, 0.15) is 17.3 Å². The van der Waals surface area contributed by atoms with Gasteiger partial charge in [0.05, 0.1) is 6.04 Å². The second kappa shape index (κ2) is 6.09. The van der Waals surface area contributed by atoms with E-state index in [1.54, 1.807) is 19.1 Å². The van der Waals surface area contributed by atoms with Crippen molar-refractivity contribution in [1.29, 1.82) is 0 Å². The number of carbonyl (C=O) groups is 1. The standard InChI is InChI=1S/C14H11BrF2N2O/c1-8(10-7-9(16)4-5-12(10)17)19-14(20)13-11(15)3-2-6-18-13/h2-8H,1H3,(H,19,20). The van der Waals surface area contributed by atoms with Gasteiger partial charge in [-0.25, -0.2) is 13.8 Å². The fourth-order valence-corrected chi connectivity index (χ4v) is 2.18. The molecule has 0 saturated carbocycles. The van der Waals surface area contributed by atoms with E-state index in [1.165, 1.54) is 6.20 Å². The van der Waals surface area contributed by atoms with Crippen LogP contribution in [0.1, 0.15) is 29.0 Å². The smallest absolute Gasteiger partial charge is 0.271 e. The first-order chi connectivity index (χ1) is 9.49. The Labute approximate surface area is 123 Å². The summed E-state index contributed by atoms with van der Waals surface area (Å²) in [5.74, 6) is -1.59. The van der Waals surface area contributed by atoms with Gasteiger partial charge in [0, 0.05) is 16.2 Å². The van der Waals surface area contributed by atoms with E-state index in [-0.39, 0.29) is 11.3 Å². The van der Waals surface area contributed by atoms with Crippen LogP contribution in [0.4, 0.5) is 8.78 Å². The van der Waals surface area contributed by atoms with Crippen LogP contribution in [0.15, 0.2) is 41.0 Å². The number of nitrogens with one attached hydrogen (secondary N) is 1. The summed E-state index contributed by atoms with van der Waals surface area (Å²) in [7, 11) is 0. The predicted molar refractivity (Wildman–Crippen MR) is 74.2 cm³/mol. The lowest BCUT2D eigenvalue weighted by Gasteiger charge is -2.15. The molecule has 0 bridgehead atoms. The molecule has 0 aliphatic rings. The average Bonchev–Trinajstić information content (AvgIpc) is 2.41. The summed E-state index contributed by atoms with van der Waals surface area (Å²) in [6.07, 6.45) is 1.48. The fourth-order valence-electron chi connectivity index (χ4n) is 1.74. The molecule has 1 unspecified atom stereocenters. The van der Waals surface area contributed by atoms with E-state index in [2.05, 4.69) is 26.2 Å². The number of hydrogen-bond donors (Lipinski definition) is 1. The lowest BCUT2D eigenvalue weighted by molar-refractivity contribution is 0.0933. The number of pyridine rings is 1. The Balaban J connectivity index is 2.19. The molecule has 20 heavy (non-hydrogen) atoms. The number of hydrogen-bond acceptors (Lipinski definition) is 2. The van der Waals surface area contributed by atoms with Crippen molar-refractivity contribution in [3.8, 4) is 0 Å². The molecule has 2 aromatic rings. The van der Waals surface area contributed by atoms with Gasteiger partial charge in [-0.1, -0.05) is 0 Å². The maximum Gasteiger partial charge on any atom is 0.271 e. The highest BCUT2D eigenvalue weighted by Gasteiger charge is 2.17. The second-order valence-electron chi connectivity index (χ2n) is 4.19. The Hall–Kier alpha value is -1.82. The number of carbonyl (C=O) groups excluding carboxylic acids is 1. The Kier molecular flexibility index (Phi) is 4.44. The molecule has 1 amide bonds. The molecule has 0 radical (unpaired) electrons. The molecule has 0 fully saturated rings. The van der Waals surface area contributed by atoms with Crippen LogP contribution in [0.5, 0.6) is 0 Å². The molecule has 1 atom stereocenters. The van der Waals surface area contributed by atoms with Crippen molar-refractivity contribution < 1.29 is 13.6 Å². The molecular formula is C14H11BrF2N2O. The largest absolute Gasteiger partial charge is 0.344 e. The molecule has 1 aromatic heterocycles. The highest BCUT2D eigenvalue weighted by atomic mass is 79.9. The molecule has 0 aliphatic heterocycles. The summed E-state index contributed by atoms with van der Waals surface area (Å²) < 4.78 is 27.3. The van der Waals surface area contributed by atoms with Crippen LogP contribution < -0.4 is 5.32 Å². The van der Waals surface area contributed by atoms with E-state index in [0.29, 0.717) is 4.47 Å². The number of benzene rings is 1. The van der Waals surface area contributed by atoms with Gasteiger partial charge in [-0.3, -0.25) is 4.79 Å². The van der Waals surface area contributed by atoms with E-state index in [0.717, 1.165) is 18.2 Å². The zero-order valence-electron chi connectivity index (χ0n) is 10.5. The third-order valence-corrected chi connectivity index (χ3v) is 3.39. The zero-order chi connectivity index (χ0) is 14.7. The summed E-state index contributed by atoms with van der Waals surface area (Å²) in [5.41, 5.74) is 0.279. The van der Waals surface area contributed by atoms with Crippen LogP contribution >= 0.6 is 15.9 Å². The van der Waals surface area contributed by atoms with Crippen molar-refractivity contribution in [2.75, 3.05) is 0 Å². The van der Waals surface area contributed by atoms with Gasteiger partial charge in [-0.2, -0.15) is 0 Å². The minimum Gasteiger partial charge on any atom is -0.344 e. The van der Waals surface area contributed by atoms with E-state index in [1.807, 2.05) is 0 Å². The van der Waals surface area contributed by atoms with Crippen LogP contribution in [0, 0.1) is 11.6 Å². The maximum absolute atomic E-state index is 13.6. The van der Waals surface area contributed by atoms with Crippen LogP contribution in [-0.4, -0.2) is 10.9 Å². The second-order valence-corrected chi connectivity index (χ2v) is 5.05. The molecular weight excluding hydrogens is 330 g/mol. The van der Waals surface area contributed by atoms with E-state index in [4.69, 9.17) is 0 Å². The molecule has 1 N–H and O–H groups in total. The van der Waals surface area contributed by atoms with Crippen molar-refractivity contribution in [3.63, 3.8) is 0 Å². The molecule has 3 nitrogen and oxygen atoms in total. The molecule has 0 spiro atoms. The normalized spacial score (nSPS) is 12.0. The van der Waals surface area contributed by atoms with E-state index in [9.17, 15) is 13.6 Å². The zero-order valence-corrected chi connectivity index (χ0v) is 12.1. The van der Waals surface area contributed by atoms with Gasteiger partial charge < -0.3 is 5.32 Å². The summed E-state index contributed by atoms with van der Waals surface area (Å²) >= 11 is 3.21. The lowest BCUT2D eigenvalue weighted by Crippen LogP contribution is -2.28. The first-order valence-electron chi connectivity index (χ1n) is 5.85. The van der Waals surface area contributed by atoms with E-state index >= 15 is 0 Å². The Morgan fingerprint density at radius 2 is 2.10 bits per heavy atom. The van der Waals surface area contributed by atoms with Gasteiger partial charge in [0.25, 0.3) is 5.91 Å². The Morgan fingerprint density at radius 3 is 2.80 bits per heavy atom. The van der Waals surface area contributed by atoms with Crippen molar-refractivity contribution in [3.05, 3.63) is 63.9 Å². The fraction of sp³-hybridized carbons (Fsp3) is 0.143. The van der Waals surface area contributed by atoms with Crippen LogP contribution in [0.3, 0.4) is 0 Å². The number of nitrogens with zero attached hydrogens (tertiary/aromatic N) is 1. The molecule has 1 aromatic carbocycles. The lowest BCUT2D eigenvalue weighted by atomic mass is 10.1. The summed E-state index contributed by atoms with van der Waals surface area (Å²) in [6.45, 7) is 1.58. The average molecular weight is 341 g/mol. The van der Waals surface area contributed by atoms with Gasteiger partial charge in [-0.15, -0.1) is 0 Å². The molecule has 104 valence electrons. The topological polar surface area (TPSA) is 42.0 Å². The van der Waals surface area contributed by atoms with Crippen LogP contribution in [-0.2, 0) is 0 Å². The Morgan fingerprint density at radius 1 is 1.35 bits per heavy atom. The summed E-state index contributed by atoms with van der Waals surface area (Å²) in [4.78, 5) is 16.0. The van der Waals surface area contributed by atoms with Gasteiger partial charge in [0.15, 0.2) is 0 Å². The predicted octanol–water partition coefficient (Wildman–Crippen LogP) is 3.61. The summed E-state index contributed by atoms with van der Waals surface area (Å²) in [5, 5.41) is 2.58. The molecule has 1 heterocycles. The minimum absolute atomic E-state index is 0.0883. The Bertz CT molecular complexity index is 649. The summed E-state index contributed by atoms with van der Waals surface area (Å²) in [6, 6.07) is 5.80. The number of aromatic nitrogens is 1. The monoisotopic (exact) mass is 340 g/mol. The van der Waals surface area contributed by atoms with Crippen LogP contribution in [0.25, 0.3) is 0 Å². The van der Waals surface area contributed by atoms with Crippen molar-refractivity contribution in [2.24, 2.45) is 0 Å². The van der Waals surface area contributed by atoms with Gasteiger partial charge in [0.2, 0.25) is 0 Å². The molecule has 0 aliphatic carbocycles. The van der Waals surface area contributed by atoms with Gasteiger partial charge in [-0.05, 0) is 53.2 Å². The minimum atomic E-state index is -0.674. The third-order valence-electron chi connectivity index (χ3n) is 2.75. The van der Waals surface area contributed by atoms with Crippen molar-refractivity contribution in [1.82, 2.24) is 10.3 Å². The number of amides is 1. The SMILES string of the molecule is CC(NC(=O)c1ncccc1Br)c1cc(F)ccc1F. The molecule has 2 rings (SSSR count). The molecule has 0 saturated heterocycles. The van der Waals surface area contributed by atoms with E-state index < -0.39 is 23.6 Å². The highest BCUT2D eigenvalue weighted by molar-refractivity contribution is 9.10. The first kappa shape index (κ1) is 14.6. The number of rotatable bonds is 3. The van der Waals surface area contributed by atoms with Crippen molar-refractivity contribution in [2.45, 2.75) is 13.0 Å². The van der Waals surface area contributed by atoms with Crippen molar-refractivity contribution >= 4 is 21.8 Å². The van der Waals surface area contributed by atoms with Crippen LogP contribution in [0.2, 0.25) is 0 Å². The maximum atomic E-state index is 13.6. The highest BCUT2D eigenvalue weighted by Crippen LogP contribution is 2.19. The number of halogens is 3. The third kappa shape index (κ3) is 3.19. The quantitative estimate of drug-likeness (QED) is 0.927.